The van der Waals surface area contributed by atoms with E-state index in [2.05, 4.69) is 54.1 Å². The molecule has 0 aliphatic rings. The molecule has 0 amide bonds. The van der Waals surface area contributed by atoms with Crippen LogP contribution in [-0.2, 0) is 13.1 Å². The van der Waals surface area contributed by atoms with Gasteiger partial charge in [0.2, 0.25) is 0 Å². The van der Waals surface area contributed by atoms with Crippen LogP contribution >= 0.6 is 0 Å². The third-order valence-electron chi connectivity index (χ3n) is 3.19. The van der Waals surface area contributed by atoms with Gasteiger partial charge < -0.3 is 9.88 Å². The van der Waals surface area contributed by atoms with Gasteiger partial charge in [0, 0.05) is 24.3 Å². The number of nitrogens with zero attached hydrogens (tertiary/aromatic N) is 1. The second-order valence-electron chi connectivity index (χ2n) is 4.48. The number of fused-ring (bicyclic) bond motifs is 1. The Labute approximate surface area is 104 Å². The van der Waals surface area contributed by atoms with Gasteiger partial charge in [0.25, 0.3) is 0 Å². The Kier molecular flexibility index (Phi) is 4.21. The monoisotopic (exact) mass is 230 g/mol. The average Bonchev–Trinajstić information content (AvgIpc) is 2.71. The lowest BCUT2D eigenvalue weighted by Crippen LogP contribution is -2.15. The minimum Gasteiger partial charge on any atom is -0.343 e. The van der Waals surface area contributed by atoms with E-state index in [1.54, 1.807) is 0 Å². The second-order valence-corrected chi connectivity index (χ2v) is 4.48. The third kappa shape index (κ3) is 2.70. The van der Waals surface area contributed by atoms with Gasteiger partial charge in [-0.2, -0.15) is 0 Å². The molecule has 0 saturated heterocycles. The van der Waals surface area contributed by atoms with E-state index in [9.17, 15) is 0 Å². The number of hydrogen-bond acceptors (Lipinski definition) is 1. The van der Waals surface area contributed by atoms with Gasteiger partial charge in [-0.15, -0.1) is 0 Å². The number of aryl methyl sites for hydroxylation is 1. The number of aromatic nitrogens is 1. The summed E-state index contributed by atoms with van der Waals surface area (Å²) in [7, 11) is 0. The van der Waals surface area contributed by atoms with Gasteiger partial charge in [-0.3, -0.25) is 0 Å². The maximum atomic E-state index is 3.42. The molecule has 17 heavy (non-hydrogen) atoms. The van der Waals surface area contributed by atoms with Crippen LogP contribution in [0.15, 0.2) is 30.3 Å². The molecule has 0 unspecified atom stereocenters. The minimum atomic E-state index is 0.967. The molecule has 0 aliphatic heterocycles. The van der Waals surface area contributed by atoms with Crippen LogP contribution in [-0.4, -0.2) is 11.1 Å². The van der Waals surface area contributed by atoms with Gasteiger partial charge in [0.15, 0.2) is 0 Å². The molecule has 1 heterocycles. The normalized spacial score (nSPS) is 11.2. The molecule has 92 valence electrons. The molecule has 1 aromatic heterocycles. The van der Waals surface area contributed by atoms with Gasteiger partial charge in [0.1, 0.15) is 0 Å². The number of benzene rings is 1. The van der Waals surface area contributed by atoms with Crippen LogP contribution in [0.2, 0.25) is 0 Å². The highest BCUT2D eigenvalue weighted by Gasteiger charge is 2.06. The van der Waals surface area contributed by atoms with Gasteiger partial charge >= 0.3 is 0 Å². The van der Waals surface area contributed by atoms with E-state index >= 15 is 0 Å². The van der Waals surface area contributed by atoms with E-state index in [0.717, 1.165) is 19.6 Å². The van der Waals surface area contributed by atoms with Crippen molar-refractivity contribution >= 4 is 10.9 Å². The van der Waals surface area contributed by atoms with Crippen LogP contribution in [0.4, 0.5) is 0 Å². The number of unbranched alkanes of at least 4 members (excludes halogenated alkanes) is 1. The summed E-state index contributed by atoms with van der Waals surface area (Å²) in [5, 5.41) is 4.78. The van der Waals surface area contributed by atoms with Crippen LogP contribution in [0.5, 0.6) is 0 Å². The summed E-state index contributed by atoms with van der Waals surface area (Å²) in [6.07, 6.45) is 2.49. The van der Waals surface area contributed by atoms with Crippen LogP contribution in [0.25, 0.3) is 10.9 Å². The fourth-order valence-corrected chi connectivity index (χ4v) is 2.25. The first-order valence-electron chi connectivity index (χ1n) is 6.64. The van der Waals surface area contributed by atoms with Gasteiger partial charge in [-0.05, 0) is 30.5 Å². The van der Waals surface area contributed by atoms with E-state index in [-0.39, 0.29) is 0 Å². The third-order valence-corrected chi connectivity index (χ3v) is 3.19. The quantitative estimate of drug-likeness (QED) is 0.803. The molecule has 2 nitrogen and oxygen atoms in total. The van der Waals surface area contributed by atoms with Crippen molar-refractivity contribution in [3.63, 3.8) is 0 Å². The predicted molar refractivity (Wildman–Crippen MR) is 74.2 cm³/mol. The Hall–Kier alpha value is -1.28. The molecule has 0 aliphatic carbocycles. The summed E-state index contributed by atoms with van der Waals surface area (Å²) in [4.78, 5) is 0. The molecule has 0 saturated carbocycles. The zero-order valence-electron chi connectivity index (χ0n) is 10.9. The Bertz CT molecular complexity index is 471. The smallest absolute Gasteiger partial charge is 0.0482 e. The molecule has 0 bridgehead atoms. The lowest BCUT2D eigenvalue weighted by molar-refractivity contribution is 0.600. The summed E-state index contributed by atoms with van der Waals surface area (Å²) in [6, 6.07) is 11.0. The Morgan fingerprint density at radius 1 is 1.18 bits per heavy atom. The van der Waals surface area contributed by atoms with E-state index in [4.69, 9.17) is 0 Å². The Morgan fingerprint density at radius 3 is 2.76 bits per heavy atom. The highest BCUT2D eigenvalue weighted by atomic mass is 15.0. The molecule has 1 aromatic carbocycles. The Balaban J connectivity index is 2.34. The first-order chi connectivity index (χ1) is 8.36. The molecule has 0 spiro atoms. The number of para-hydroxylation sites is 1. The van der Waals surface area contributed by atoms with Crippen LogP contribution in [0.1, 0.15) is 32.4 Å². The van der Waals surface area contributed by atoms with Gasteiger partial charge in [-0.1, -0.05) is 38.5 Å². The maximum absolute atomic E-state index is 3.42. The fraction of sp³-hybridized carbons (Fsp3) is 0.467. The van der Waals surface area contributed by atoms with Crippen molar-refractivity contribution in [1.82, 2.24) is 9.88 Å². The summed E-state index contributed by atoms with van der Waals surface area (Å²) in [5.41, 5.74) is 2.77. The number of nitrogens with one attached hydrogen (secondary N) is 1. The number of hydrogen-bond donors (Lipinski definition) is 1. The summed E-state index contributed by atoms with van der Waals surface area (Å²) in [5.74, 6) is 0. The summed E-state index contributed by atoms with van der Waals surface area (Å²) < 4.78 is 2.46. The predicted octanol–water partition coefficient (Wildman–Crippen LogP) is 3.55. The van der Waals surface area contributed by atoms with Crippen LogP contribution in [0.3, 0.4) is 0 Å². The topological polar surface area (TPSA) is 17.0 Å². The fourth-order valence-electron chi connectivity index (χ4n) is 2.25. The zero-order valence-corrected chi connectivity index (χ0v) is 10.9. The molecule has 2 rings (SSSR count). The molecule has 0 radical (unpaired) electrons. The van der Waals surface area contributed by atoms with Crippen molar-refractivity contribution in [3.8, 4) is 0 Å². The van der Waals surface area contributed by atoms with Crippen molar-refractivity contribution in [3.05, 3.63) is 36.0 Å². The van der Waals surface area contributed by atoms with Gasteiger partial charge in [-0.25, -0.2) is 0 Å². The lowest BCUT2D eigenvalue weighted by Gasteiger charge is -2.10. The second kappa shape index (κ2) is 5.87. The molecule has 2 aromatic rings. The number of rotatable bonds is 6. The van der Waals surface area contributed by atoms with E-state index in [1.165, 1.54) is 29.4 Å². The molecular weight excluding hydrogens is 208 g/mol. The molecule has 0 fully saturated rings. The highest BCUT2D eigenvalue weighted by molar-refractivity contribution is 5.81. The van der Waals surface area contributed by atoms with Crippen LogP contribution < -0.4 is 5.32 Å². The molecular formula is C15H22N2. The van der Waals surface area contributed by atoms with Crippen molar-refractivity contribution in [2.75, 3.05) is 6.54 Å². The van der Waals surface area contributed by atoms with E-state index < -0.39 is 0 Å². The molecule has 2 heteroatoms. The van der Waals surface area contributed by atoms with Gasteiger partial charge in [0.05, 0.1) is 0 Å². The maximum Gasteiger partial charge on any atom is 0.0482 e. The highest BCUT2D eigenvalue weighted by Crippen LogP contribution is 2.20. The van der Waals surface area contributed by atoms with Crippen molar-refractivity contribution in [2.24, 2.45) is 0 Å². The standard InChI is InChI=1S/C15H22N2/c1-3-5-10-17-14(12-16-4-2)11-13-8-6-7-9-15(13)17/h6-9,11,16H,3-5,10,12H2,1-2H3. The minimum absolute atomic E-state index is 0.967. The van der Waals surface area contributed by atoms with Crippen molar-refractivity contribution in [1.29, 1.82) is 0 Å². The van der Waals surface area contributed by atoms with Crippen molar-refractivity contribution < 1.29 is 0 Å². The average molecular weight is 230 g/mol. The van der Waals surface area contributed by atoms with Crippen molar-refractivity contribution in [2.45, 2.75) is 39.8 Å². The van der Waals surface area contributed by atoms with E-state index in [1.807, 2.05) is 0 Å². The first-order valence-corrected chi connectivity index (χ1v) is 6.64. The van der Waals surface area contributed by atoms with Crippen LogP contribution in [0, 0.1) is 0 Å². The molecule has 0 atom stereocenters. The summed E-state index contributed by atoms with van der Waals surface area (Å²) in [6.45, 7) is 7.52. The largest absolute Gasteiger partial charge is 0.343 e. The lowest BCUT2D eigenvalue weighted by atomic mass is 10.2. The van der Waals surface area contributed by atoms with E-state index in [0.29, 0.717) is 0 Å². The Morgan fingerprint density at radius 2 is 2.00 bits per heavy atom. The SMILES string of the molecule is CCCCn1c(CNCC)cc2ccccc21. The zero-order chi connectivity index (χ0) is 12.1. The molecule has 1 N–H and O–H groups in total. The first kappa shape index (κ1) is 12.2. The summed E-state index contributed by atoms with van der Waals surface area (Å²) >= 11 is 0.